The summed E-state index contributed by atoms with van der Waals surface area (Å²) in [6.45, 7) is 4.81. The van der Waals surface area contributed by atoms with Crippen LogP contribution in [0.25, 0.3) is 6.08 Å². The summed E-state index contributed by atoms with van der Waals surface area (Å²) in [6.07, 6.45) is 4.91. The van der Waals surface area contributed by atoms with Crippen molar-refractivity contribution in [2.75, 3.05) is 12.8 Å². The van der Waals surface area contributed by atoms with E-state index in [1.54, 1.807) is 16.7 Å². The van der Waals surface area contributed by atoms with Crippen LogP contribution < -0.4 is 0 Å². The number of nitrogens with zero attached hydrogens (tertiary/aromatic N) is 2. The fourth-order valence-electron chi connectivity index (χ4n) is 2.59. The summed E-state index contributed by atoms with van der Waals surface area (Å²) in [7, 11) is 0. The monoisotopic (exact) mass is 382 g/mol. The van der Waals surface area contributed by atoms with Crippen molar-refractivity contribution in [3.63, 3.8) is 0 Å². The van der Waals surface area contributed by atoms with Crippen LogP contribution in [0.5, 0.6) is 0 Å². The Bertz CT molecular complexity index is 839. The first-order chi connectivity index (χ1) is 12.6. The van der Waals surface area contributed by atoms with Gasteiger partial charge in [0.1, 0.15) is 0 Å². The lowest BCUT2D eigenvalue weighted by Gasteiger charge is -2.13. The van der Waals surface area contributed by atoms with Gasteiger partial charge in [-0.25, -0.2) is 4.99 Å². The van der Waals surface area contributed by atoms with Crippen molar-refractivity contribution >= 4 is 46.4 Å². The first kappa shape index (κ1) is 18.8. The Morgan fingerprint density at radius 1 is 1.12 bits per heavy atom. The Balaban J connectivity index is 1.89. The molecule has 0 unspecified atom stereocenters. The molecule has 0 spiro atoms. The van der Waals surface area contributed by atoms with Crippen molar-refractivity contribution < 1.29 is 4.79 Å². The van der Waals surface area contributed by atoms with E-state index < -0.39 is 0 Å². The molecular weight excluding hydrogens is 360 g/mol. The average Bonchev–Trinajstić information content (AvgIpc) is 2.93. The summed E-state index contributed by atoms with van der Waals surface area (Å²) in [4.78, 5) is 21.3. The molecule has 1 heterocycles. The van der Waals surface area contributed by atoms with Crippen LogP contribution in [-0.2, 0) is 4.79 Å². The molecule has 1 amide bonds. The first-order valence-corrected chi connectivity index (χ1v) is 10.7. The summed E-state index contributed by atoms with van der Waals surface area (Å²) in [5, 5.41) is 0.757. The molecule has 1 aliphatic heterocycles. The third kappa shape index (κ3) is 4.40. The van der Waals surface area contributed by atoms with Crippen LogP contribution >= 0.6 is 23.5 Å². The predicted octanol–water partition coefficient (Wildman–Crippen LogP) is 5.73. The molecule has 0 atom stereocenters. The van der Waals surface area contributed by atoms with Gasteiger partial charge < -0.3 is 0 Å². The standard InChI is InChI=1S/C21H22N2OS2/c1-4-13-23-20(24)19(14-16-7-11-18(25-3)12-8-16)26-21(23)22-17-9-5-15(2)6-10-17/h5-12,14H,4,13H2,1-3H3/b19-14+,22-21?. The Hall–Kier alpha value is -1.98. The number of carbonyl (C=O) groups excluding carboxylic acids is 1. The maximum Gasteiger partial charge on any atom is 0.266 e. The molecule has 0 N–H and O–H groups in total. The zero-order valence-corrected chi connectivity index (χ0v) is 16.9. The fourth-order valence-corrected chi connectivity index (χ4v) is 4.03. The van der Waals surface area contributed by atoms with E-state index in [-0.39, 0.29) is 5.91 Å². The van der Waals surface area contributed by atoms with Gasteiger partial charge >= 0.3 is 0 Å². The predicted molar refractivity (Wildman–Crippen MR) is 114 cm³/mol. The molecule has 3 rings (SSSR count). The van der Waals surface area contributed by atoms with E-state index in [2.05, 4.69) is 32.2 Å². The third-order valence-corrected chi connectivity index (χ3v) is 5.76. The highest BCUT2D eigenvalue weighted by molar-refractivity contribution is 8.18. The minimum absolute atomic E-state index is 0.0386. The molecule has 26 heavy (non-hydrogen) atoms. The normalized spacial score (nSPS) is 17.5. The Morgan fingerprint density at radius 2 is 1.81 bits per heavy atom. The van der Waals surface area contributed by atoms with E-state index in [1.807, 2.05) is 42.5 Å². The van der Waals surface area contributed by atoms with Crippen LogP contribution in [0.15, 0.2) is 63.3 Å². The van der Waals surface area contributed by atoms with E-state index in [0.717, 1.165) is 27.7 Å². The van der Waals surface area contributed by atoms with Gasteiger partial charge in [-0.3, -0.25) is 9.69 Å². The molecule has 0 aromatic heterocycles. The molecule has 3 nitrogen and oxygen atoms in total. The minimum Gasteiger partial charge on any atom is -0.286 e. The number of benzene rings is 2. The highest BCUT2D eigenvalue weighted by atomic mass is 32.2. The molecule has 2 aromatic carbocycles. The topological polar surface area (TPSA) is 32.7 Å². The zero-order chi connectivity index (χ0) is 18.5. The number of hydrogen-bond donors (Lipinski definition) is 0. The second-order valence-electron chi connectivity index (χ2n) is 6.07. The lowest BCUT2D eigenvalue weighted by atomic mass is 10.2. The Labute approximate surface area is 163 Å². The quantitative estimate of drug-likeness (QED) is 0.489. The van der Waals surface area contributed by atoms with E-state index in [0.29, 0.717) is 6.54 Å². The smallest absolute Gasteiger partial charge is 0.266 e. The number of rotatable bonds is 5. The Kier molecular flexibility index (Phi) is 6.22. The second kappa shape index (κ2) is 8.60. The van der Waals surface area contributed by atoms with Crippen LogP contribution in [0.1, 0.15) is 24.5 Å². The molecule has 2 aromatic rings. The maximum absolute atomic E-state index is 12.8. The SMILES string of the molecule is CCCN1C(=O)/C(=C\c2ccc(SC)cc2)SC1=Nc1ccc(C)cc1. The van der Waals surface area contributed by atoms with Gasteiger partial charge in [0.15, 0.2) is 5.17 Å². The Morgan fingerprint density at radius 3 is 2.42 bits per heavy atom. The lowest BCUT2D eigenvalue weighted by molar-refractivity contribution is -0.122. The molecule has 1 aliphatic rings. The number of hydrogen-bond acceptors (Lipinski definition) is 4. The molecular formula is C21H22N2OS2. The van der Waals surface area contributed by atoms with Crippen molar-refractivity contribution in [2.45, 2.75) is 25.2 Å². The van der Waals surface area contributed by atoms with Crippen LogP contribution in [0.4, 0.5) is 5.69 Å². The van der Waals surface area contributed by atoms with Gasteiger partial charge in [0.25, 0.3) is 5.91 Å². The van der Waals surface area contributed by atoms with Crippen LogP contribution in [0, 0.1) is 6.92 Å². The van der Waals surface area contributed by atoms with E-state index >= 15 is 0 Å². The van der Waals surface area contributed by atoms with E-state index in [9.17, 15) is 4.79 Å². The third-order valence-electron chi connectivity index (χ3n) is 4.01. The van der Waals surface area contributed by atoms with E-state index in [4.69, 9.17) is 4.99 Å². The van der Waals surface area contributed by atoms with Gasteiger partial charge in [-0.2, -0.15) is 0 Å². The summed E-state index contributed by atoms with van der Waals surface area (Å²) in [5.74, 6) is 0.0386. The van der Waals surface area contributed by atoms with Gasteiger partial charge in [0.05, 0.1) is 10.6 Å². The summed E-state index contributed by atoms with van der Waals surface area (Å²) in [5.41, 5.74) is 3.10. The molecule has 134 valence electrons. The number of amidine groups is 1. The van der Waals surface area contributed by atoms with Crippen LogP contribution in [0.2, 0.25) is 0 Å². The van der Waals surface area contributed by atoms with Crippen molar-refractivity contribution in [2.24, 2.45) is 4.99 Å². The zero-order valence-electron chi connectivity index (χ0n) is 15.2. The maximum atomic E-state index is 12.8. The van der Waals surface area contributed by atoms with Gasteiger partial charge in [0.2, 0.25) is 0 Å². The summed E-state index contributed by atoms with van der Waals surface area (Å²) >= 11 is 3.16. The molecule has 5 heteroatoms. The minimum atomic E-state index is 0.0386. The lowest BCUT2D eigenvalue weighted by Crippen LogP contribution is -2.29. The molecule has 1 saturated heterocycles. The fraction of sp³-hybridized carbons (Fsp3) is 0.238. The van der Waals surface area contributed by atoms with Gasteiger partial charge in [-0.15, -0.1) is 11.8 Å². The largest absolute Gasteiger partial charge is 0.286 e. The first-order valence-electron chi connectivity index (χ1n) is 8.61. The molecule has 0 saturated carbocycles. The second-order valence-corrected chi connectivity index (χ2v) is 7.96. The number of thioether (sulfide) groups is 2. The van der Waals surface area contributed by atoms with Crippen molar-refractivity contribution in [3.8, 4) is 0 Å². The summed E-state index contributed by atoms with van der Waals surface area (Å²) < 4.78 is 0. The average molecular weight is 383 g/mol. The van der Waals surface area contributed by atoms with Gasteiger partial charge in [0, 0.05) is 11.4 Å². The van der Waals surface area contributed by atoms with Crippen LogP contribution in [0.3, 0.4) is 0 Å². The van der Waals surface area contributed by atoms with E-state index in [1.165, 1.54) is 22.2 Å². The van der Waals surface area contributed by atoms with Gasteiger partial charge in [-0.05, 0) is 67.3 Å². The van der Waals surface area contributed by atoms with Crippen LogP contribution in [-0.4, -0.2) is 28.8 Å². The number of aryl methyl sites for hydroxylation is 1. The number of amides is 1. The molecule has 0 bridgehead atoms. The van der Waals surface area contributed by atoms with Crippen molar-refractivity contribution in [3.05, 3.63) is 64.6 Å². The molecule has 0 radical (unpaired) electrons. The number of carbonyl (C=O) groups is 1. The van der Waals surface area contributed by atoms with Gasteiger partial charge in [-0.1, -0.05) is 36.8 Å². The van der Waals surface area contributed by atoms with Crippen molar-refractivity contribution in [1.82, 2.24) is 4.90 Å². The number of aliphatic imine (C=N–C) groups is 1. The molecule has 1 fully saturated rings. The summed E-state index contributed by atoms with van der Waals surface area (Å²) in [6, 6.07) is 16.3. The highest BCUT2D eigenvalue weighted by Gasteiger charge is 2.32. The van der Waals surface area contributed by atoms with Crippen molar-refractivity contribution in [1.29, 1.82) is 0 Å². The molecule has 0 aliphatic carbocycles. The highest BCUT2D eigenvalue weighted by Crippen LogP contribution is 2.34.